The summed E-state index contributed by atoms with van der Waals surface area (Å²) in [6.07, 6.45) is 0. The molecule has 0 aliphatic heterocycles. The monoisotopic (exact) mass is 595 g/mol. The van der Waals surface area contributed by atoms with E-state index in [1.807, 2.05) is 42.5 Å². The summed E-state index contributed by atoms with van der Waals surface area (Å²) in [5, 5.41) is 0. The van der Waals surface area contributed by atoms with Crippen LogP contribution in [0.1, 0.15) is 22.3 Å². The van der Waals surface area contributed by atoms with Gasteiger partial charge in [-0.2, -0.15) is 0 Å². The maximum atomic E-state index is 14.6. The van der Waals surface area contributed by atoms with Crippen LogP contribution in [-0.4, -0.2) is 0 Å². The summed E-state index contributed by atoms with van der Waals surface area (Å²) in [7, 11) is 0. The Morgan fingerprint density at radius 1 is 0.391 bits per heavy atom. The molecule has 0 saturated heterocycles. The molecule has 2 aliphatic carbocycles. The zero-order valence-electron chi connectivity index (χ0n) is 24.8. The number of rotatable bonds is 4. The van der Waals surface area contributed by atoms with Gasteiger partial charge < -0.3 is 4.90 Å². The van der Waals surface area contributed by atoms with Crippen LogP contribution in [0, 0.1) is 11.6 Å². The van der Waals surface area contributed by atoms with Gasteiger partial charge in [-0.05, 0) is 80.9 Å². The van der Waals surface area contributed by atoms with Gasteiger partial charge in [0.1, 0.15) is 11.6 Å². The Morgan fingerprint density at radius 2 is 0.870 bits per heavy atom. The summed E-state index contributed by atoms with van der Waals surface area (Å²) in [6.45, 7) is 0. The van der Waals surface area contributed by atoms with E-state index >= 15 is 0 Å². The number of fused-ring (bicyclic) bond motifs is 10. The van der Waals surface area contributed by atoms with Gasteiger partial charge in [0, 0.05) is 22.9 Å². The third-order valence-electron chi connectivity index (χ3n) is 9.57. The molecule has 46 heavy (non-hydrogen) atoms. The highest BCUT2D eigenvalue weighted by Gasteiger charge is 2.52. The molecule has 218 valence electrons. The van der Waals surface area contributed by atoms with E-state index in [0.717, 1.165) is 34.3 Å². The molecule has 9 rings (SSSR count). The maximum absolute atomic E-state index is 14.6. The molecular formula is C43H27F2N. The Labute approximate surface area is 266 Å². The molecule has 0 unspecified atom stereocenters. The van der Waals surface area contributed by atoms with Gasteiger partial charge in [0.25, 0.3) is 0 Å². The molecule has 2 aliphatic rings. The SMILES string of the molecule is Fc1cc(F)cc(-c2ccccc2N(c2ccccc2)c2cccc3c2-c2ccccc2C32c3ccccc3-c3ccccc32)c1. The van der Waals surface area contributed by atoms with E-state index in [0.29, 0.717) is 5.56 Å². The van der Waals surface area contributed by atoms with Crippen molar-refractivity contribution in [1.82, 2.24) is 0 Å². The lowest BCUT2D eigenvalue weighted by Crippen LogP contribution is -2.26. The van der Waals surface area contributed by atoms with Gasteiger partial charge in [0.15, 0.2) is 0 Å². The summed E-state index contributed by atoms with van der Waals surface area (Å²) in [6, 6.07) is 54.7. The summed E-state index contributed by atoms with van der Waals surface area (Å²) in [5.74, 6) is -1.21. The third-order valence-corrected chi connectivity index (χ3v) is 9.57. The summed E-state index contributed by atoms with van der Waals surface area (Å²) < 4.78 is 29.2. The van der Waals surface area contributed by atoms with E-state index in [1.54, 1.807) is 0 Å². The topological polar surface area (TPSA) is 3.24 Å². The highest BCUT2D eigenvalue weighted by atomic mass is 19.1. The molecule has 0 heterocycles. The lowest BCUT2D eigenvalue weighted by atomic mass is 9.70. The van der Waals surface area contributed by atoms with Crippen molar-refractivity contribution < 1.29 is 8.78 Å². The number of hydrogen-bond donors (Lipinski definition) is 0. The number of anilines is 3. The second-order valence-corrected chi connectivity index (χ2v) is 11.9. The van der Waals surface area contributed by atoms with Gasteiger partial charge in [0.2, 0.25) is 0 Å². The fourth-order valence-electron chi connectivity index (χ4n) is 7.92. The molecule has 0 aromatic heterocycles. The van der Waals surface area contributed by atoms with E-state index in [1.165, 1.54) is 51.1 Å². The molecule has 0 fully saturated rings. The Hall–Kier alpha value is -5.80. The van der Waals surface area contributed by atoms with Crippen LogP contribution in [0.25, 0.3) is 33.4 Å². The fraction of sp³-hybridized carbons (Fsp3) is 0.0233. The maximum Gasteiger partial charge on any atom is 0.126 e. The summed E-state index contributed by atoms with van der Waals surface area (Å²) in [5.41, 5.74) is 13.4. The molecule has 7 aromatic rings. The molecule has 1 nitrogen and oxygen atoms in total. The number of benzene rings is 7. The largest absolute Gasteiger partial charge is 0.309 e. The standard InChI is InChI=1S/C43H27F2N/c44-29-25-28(26-30(45)27-29)32-15-7-11-23-40(32)46(31-13-2-1-3-14-31)41-24-12-22-39-42(41)35-18-6-10-21-38(35)43(39)36-19-8-4-16-33(36)34-17-5-9-20-37(34)43/h1-27H. The first kappa shape index (κ1) is 26.6. The Balaban J connectivity index is 1.38. The third kappa shape index (κ3) is 3.66. The predicted octanol–water partition coefficient (Wildman–Crippen LogP) is 11.4. The first-order chi connectivity index (χ1) is 22.7. The van der Waals surface area contributed by atoms with Gasteiger partial charge >= 0.3 is 0 Å². The smallest absolute Gasteiger partial charge is 0.126 e. The van der Waals surface area contributed by atoms with E-state index < -0.39 is 17.0 Å². The molecule has 0 N–H and O–H groups in total. The first-order valence-corrected chi connectivity index (χ1v) is 15.5. The van der Waals surface area contributed by atoms with E-state index in [-0.39, 0.29) is 0 Å². The number of para-hydroxylation sites is 2. The minimum Gasteiger partial charge on any atom is -0.309 e. The van der Waals surface area contributed by atoms with Crippen LogP contribution < -0.4 is 4.90 Å². The molecule has 3 heteroatoms. The molecule has 0 saturated carbocycles. The van der Waals surface area contributed by atoms with Crippen molar-refractivity contribution in [3.63, 3.8) is 0 Å². The van der Waals surface area contributed by atoms with Crippen molar-refractivity contribution in [2.45, 2.75) is 5.41 Å². The van der Waals surface area contributed by atoms with Crippen LogP contribution >= 0.6 is 0 Å². The van der Waals surface area contributed by atoms with Crippen LogP contribution in [0.2, 0.25) is 0 Å². The van der Waals surface area contributed by atoms with Crippen molar-refractivity contribution in [1.29, 1.82) is 0 Å². The molecule has 0 atom stereocenters. The first-order valence-electron chi connectivity index (χ1n) is 15.5. The van der Waals surface area contributed by atoms with E-state index in [2.05, 4.69) is 108 Å². The zero-order chi connectivity index (χ0) is 30.8. The number of halogens is 2. The van der Waals surface area contributed by atoms with Crippen molar-refractivity contribution in [3.8, 4) is 33.4 Å². The van der Waals surface area contributed by atoms with Gasteiger partial charge in [-0.15, -0.1) is 0 Å². The number of nitrogens with zero attached hydrogens (tertiary/aromatic N) is 1. The van der Waals surface area contributed by atoms with Crippen molar-refractivity contribution in [3.05, 3.63) is 198 Å². The Bertz CT molecular complexity index is 2240. The van der Waals surface area contributed by atoms with Gasteiger partial charge in [0.05, 0.1) is 16.8 Å². The Morgan fingerprint density at radius 3 is 1.52 bits per heavy atom. The quantitative estimate of drug-likeness (QED) is 0.196. The van der Waals surface area contributed by atoms with Crippen molar-refractivity contribution in [2.24, 2.45) is 0 Å². The van der Waals surface area contributed by atoms with Crippen LogP contribution in [0.5, 0.6) is 0 Å². The normalized spacial score (nSPS) is 13.2. The second kappa shape index (κ2) is 10.1. The zero-order valence-corrected chi connectivity index (χ0v) is 24.8. The summed E-state index contributed by atoms with van der Waals surface area (Å²) in [4.78, 5) is 2.24. The van der Waals surface area contributed by atoms with Gasteiger partial charge in [-0.1, -0.05) is 121 Å². The lowest BCUT2D eigenvalue weighted by molar-refractivity contribution is 0.584. The van der Waals surface area contributed by atoms with Crippen molar-refractivity contribution >= 4 is 17.1 Å². The average molecular weight is 596 g/mol. The van der Waals surface area contributed by atoms with Crippen LogP contribution in [0.4, 0.5) is 25.8 Å². The minimum atomic E-state index is -0.605. The molecule has 0 amide bonds. The van der Waals surface area contributed by atoms with E-state index in [4.69, 9.17) is 0 Å². The molecule has 7 aromatic carbocycles. The summed E-state index contributed by atoms with van der Waals surface area (Å²) >= 11 is 0. The predicted molar refractivity (Wildman–Crippen MR) is 183 cm³/mol. The second-order valence-electron chi connectivity index (χ2n) is 11.9. The highest BCUT2D eigenvalue weighted by molar-refractivity contribution is 6.02. The fourth-order valence-corrected chi connectivity index (χ4v) is 7.92. The lowest BCUT2D eigenvalue weighted by Gasteiger charge is -2.32. The molecule has 0 bridgehead atoms. The van der Waals surface area contributed by atoms with Crippen LogP contribution in [-0.2, 0) is 5.41 Å². The van der Waals surface area contributed by atoms with E-state index in [9.17, 15) is 8.78 Å². The molecule has 0 radical (unpaired) electrons. The minimum absolute atomic E-state index is 0.483. The van der Waals surface area contributed by atoms with Crippen LogP contribution in [0.3, 0.4) is 0 Å². The average Bonchev–Trinajstić information content (AvgIpc) is 3.57. The highest BCUT2D eigenvalue weighted by Crippen LogP contribution is 2.64. The number of hydrogen-bond acceptors (Lipinski definition) is 1. The molecule has 1 spiro atoms. The van der Waals surface area contributed by atoms with Gasteiger partial charge in [-0.3, -0.25) is 0 Å². The van der Waals surface area contributed by atoms with Crippen molar-refractivity contribution in [2.75, 3.05) is 4.90 Å². The van der Waals surface area contributed by atoms with Gasteiger partial charge in [-0.25, -0.2) is 8.78 Å². The molecular weight excluding hydrogens is 568 g/mol. The van der Waals surface area contributed by atoms with Crippen LogP contribution in [0.15, 0.2) is 164 Å². The Kier molecular flexibility index (Phi) is 5.85.